The summed E-state index contributed by atoms with van der Waals surface area (Å²) in [5, 5.41) is 5.32. The zero-order chi connectivity index (χ0) is 15.1. The van der Waals surface area contributed by atoms with E-state index >= 15 is 0 Å². The summed E-state index contributed by atoms with van der Waals surface area (Å²) in [6.07, 6.45) is 1.43. The average molecular weight is 348 g/mol. The number of hydrogen-bond donors (Lipinski definition) is 2. The van der Waals surface area contributed by atoms with Gasteiger partial charge in [-0.25, -0.2) is 0 Å². The van der Waals surface area contributed by atoms with Crippen molar-refractivity contribution in [2.75, 3.05) is 5.32 Å². The molecule has 6 heteroatoms. The number of halogens is 1. The van der Waals surface area contributed by atoms with Crippen LogP contribution in [0, 0.1) is 0 Å². The Morgan fingerprint density at radius 3 is 2.67 bits per heavy atom. The highest BCUT2D eigenvalue weighted by Gasteiger charge is 2.09. The number of rotatable bonds is 5. The molecule has 0 unspecified atom stereocenters. The van der Waals surface area contributed by atoms with E-state index in [-0.39, 0.29) is 18.2 Å². The molecule has 108 valence electrons. The van der Waals surface area contributed by atoms with Crippen molar-refractivity contribution >= 4 is 33.4 Å². The largest absolute Gasteiger partial charge is 0.350 e. The van der Waals surface area contributed by atoms with Gasteiger partial charge < -0.3 is 10.6 Å². The van der Waals surface area contributed by atoms with Gasteiger partial charge in [-0.2, -0.15) is 0 Å². The number of aromatic nitrogens is 1. The Bertz CT molecular complexity index is 632. The molecule has 2 rings (SSSR count). The number of benzene rings is 1. The minimum Gasteiger partial charge on any atom is -0.350 e. The zero-order valence-corrected chi connectivity index (χ0v) is 12.8. The first-order valence-corrected chi connectivity index (χ1v) is 7.15. The van der Waals surface area contributed by atoms with Crippen LogP contribution in [0.1, 0.15) is 12.1 Å². The van der Waals surface area contributed by atoms with E-state index in [1.165, 1.54) is 0 Å². The smallest absolute Gasteiger partial charge is 0.233 e. The number of nitrogens with one attached hydrogen (secondary N) is 2. The van der Waals surface area contributed by atoms with Crippen molar-refractivity contribution in [2.45, 2.75) is 13.0 Å². The highest BCUT2D eigenvalue weighted by molar-refractivity contribution is 9.10. The quantitative estimate of drug-likeness (QED) is 0.816. The Kier molecular flexibility index (Phi) is 5.45. The van der Waals surface area contributed by atoms with Gasteiger partial charge in [0.2, 0.25) is 11.8 Å². The molecule has 0 saturated heterocycles. The number of anilines is 1. The van der Waals surface area contributed by atoms with E-state index in [9.17, 15) is 9.59 Å². The van der Waals surface area contributed by atoms with Crippen LogP contribution < -0.4 is 10.6 Å². The Labute approximate surface area is 130 Å². The molecule has 21 heavy (non-hydrogen) atoms. The van der Waals surface area contributed by atoms with Gasteiger partial charge in [0.25, 0.3) is 0 Å². The maximum Gasteiger partial charge on any atom is 0.233 e. The van der Waals surface area contributed by atoms with Crippen LogP contribution in [-0.2, 0) is 16.1 Å². The number of nitrogens with zero attached hydrogens (tertiary/aromatic N) is 1. The van der Waals surface area contributed by atoms with Gasteiger partial charge in [0.05, 0.1) is 12.2 Å². The average Bonchev–Trinajstić information content (AvgIpc) is 2.46. The summed E-state index contributed by atoms with van der Waals surface area (Å²) in [5.74, 6) is -0.695. The second kappa shape index (κ2) is 7.54. The normalized spacial score (nSPS) is 9.95. The lowest BCUT2D eigenvalue weighted by molar-refractivity contribution is -0.126. The van der Waals surface area contributed by atoms with Crippen molar-refractivity contribution in [3.8, 4) is 0 Å². The van der Waals surface area contributed by atoms with Crippen molar-refractivity contribution in [3.63, 3.8) is 0 Å². The molecular formula is C15H14BrN3O2. The summed E-state index contributed by atoms with van der Waals surface area (Å²) in [6.45, 7) is 0.309. The number of carbonyl (C=O) groups is 2. The van der Waals surface area contributed by atoms with Crippen LogP contribution in [0.25, 0.3) is 0 Å². The number of pyridine rings is 1. The fourth-order valence-electron chi connectivity index (χ4n) is 1.67. The third kappa shape index (κ3) is 5.35. The predicted molar refractivity (Wildman–Crippen MR) is 83.5 cm³/mol. The third-order valence-corrected chi connectivity index (χ3v) is 3.12. The Hall–Kier alpha value is -2.21. The maximum absolute atomic E-state index is 11.7. The topological polar surface area (TPSA) is 71.1 Å². The fraction of sp³-hybridized carbons (Fsp3) is 0.133. The van der Waals surface area contributed by atoms with Crippen molar-refractivity contribution in [1.29, 1.82) is 0 Å². The molecule has 0 radical (unpaired) electrons. The molecule has 2 aromatic rings. The molecule has 2 N–H and O–H groups in total. The summed E-state index contributed by atoms with van der Waals surface area (Å²) in [6, 6.07) is 12.6. The molecule has 0 atom stereocenters. The van der Waals surface area contributed by atoms with Crippen LogP contribution in [0.2, 0.25) is 0 Å². The molecule has 0 spiro atoms. The lowest BCUT2D eigenvalue weighted by atomic mass is 10.3. The maximum atomic E-state index is 11.7. The summed E-state index contributed by atoms with van der Waals surface area (Å²) < 4.78 is 0.861. The number of amides is 2. The van der Waals surface area contributed by atoms with Gasteiger partial charge >= 0.3 is 0 Å². The van der Waals surface area contributed by atoms with E-state index < -0.39 is 0 Å². The molecule has 0 aliphatic heterocycles. The van der Waals surface area contributed by atoms with Gasteiger partial charge in [-0.05, 0) is 30.3 Å². The van der Waals surface area contributed by atoms with Crippen LogP contribution in [0.15, 0.2) is 53.1 Å². The molecular weight excluding hydrogens is 334 g/mol. The van der Waals surface area contributed by atoms with Gasteiger partial charge in [-0.15, -0.1) is 0 Å². The van der Waals surface area contributed by atoms with Crippen LogP contribution in [-0.4, -0.2) is 16.8 Å². The molecule has 0 bridgehead atoms. The molecule has 0 aliphatic carbocycles. The van der Waals surface area contributed by atoms with Gasteiger partial charge in [0.1, 0.15) is 6.42 Å². The molecule has 1 aromatic heterocycles. The van der Waals surface area contributed by atoms with Crippen LogP contribution in [0.4, 0.5) is 5.69 Å². The molecule has 5 nitrogen and oxygen atoms in total. The summed E-state index contributed by atoms with van der Waals surface area (Å²) in [7, 11) is 0. The molecule has 2 amide bonds. The second-order valence-corrected chi connectivity index (χ2v) is 5.25. The molecule has 0 fully saturated rings. The standard InChI is InChI=1S/C15H14BrN3O2/c16-11-4-3-6-12(8-11)19-15(21)9-14(20)18-10-13-5-1-2-7-17-13/h1-8H,9-10H2,(H,18,20)(H,19,21). The number of hydrogen-bond acceptors (Lipinski definition) is 3. The van der Waals surface area contributed by atoms with Gasteiger partial charge in [0, 0.05) is 16.4 Å². The van der Waals surface area contributed by atoms with Crippen LogP contribution in [0.5, 0.6) is 0 Å². The van der Waals surface area contributed by atoms with E-state index in [0.29, 0.717) is 12.2 Å². The lowest BCUT2D eigenvalue weighted by Gasteiger charge is -2.06. The second-order valence-electron chi connectivity index (χ2n) is 4.33. The van der Waals surface area contributed by atoms with E-state index in [0.717, 1.165) is 10.2 Å². The van der Waals surface area contributed by atoms with E-state index in [4.69, 9.17) is 0 Å². The van der Waals surface area contributed by atoms with Gasteiger partial charge in [-0.1, -0.05) is 28.1 Å². The van der Waals surface area contributed by atoms with Crippen molar-refractivity contribution < 1.29 is 9.59 Å². The van der Waals surface area contributed by atoms with Gasteiger partial charge in [-0.3, -0.25) is 14.6 Å². The minimum absolute atomic E-state index is 0.223. The summed E-state index contributed by atoms with van der Waals surface area (Å²) in [5.41, 5.74) is 1.39. The Morgan fingerprint density at radius 2 is 1.95 bits per heavy atom. The van der Waals surface area contributed by atoms with Crippen LogP contribution in [0.3, 0.4) is 0 Å². The Balaban J connectivity index is 1.78. The first-order chi connectivity index (χ1) is 10.1. The Morgan fingerprint density at radius 1 is 1.10 bits per heavy atom. The summed E-state index contributed by atoms with van der Waals surface area (Å²) in [4.78, 5) is 27.5. The third-order valence-electron chi connectivity index (χ3n) is 2.62. The van der Waals surface area contributed by atoms with E-state index in [1.54, 1.807) is 30.5 Å². The molecule has 1 aromatic carbocycles. The lowest BCUT2D eigenvalue weighted by Crippen LogP contribution is -2.28. The summed E-state index contributed by atoms with van der Waals surface area (Å²) >= 11 is 3.32. The minimum atomic E-state index is -0.355. The number of carbonyl (C=O) groups excluding carboxylic acids is 2. The molecule has 0 saturated carbocycles. The first kappa shape index (κ1) is 15.2. The fourth-order valence-corrected chi connectivity index (χ4v) is 2.07. The van der Waals surface area contributed by atoms with Gasteiger partial charge in [0.15, 0.2) is 0 Å². The highest BCUT2D eigenvalue weighted by atomic mass is 79.9. The van der Waals surface area contributed by atoms with Crippen molar-refractivity contribution in [1.82, 2.24) is 10.3 Å². The van der Waals surface area contributed by atoms with Crippen LogP contribution >= 0.6 is 15.9 Å². The SMILES string of the molecule is O=C(CC(=O)Nc1cccc(Br)c1)NCc1ccccn1. The van der Waals surface area contributed by atoms with Crippen molar-refractivity contribution in [3.05, 3.63) is 58.8 Å². The van der Waals surface area contributed by atoms with E-state index in [2.05, 4.69) is 31.5 Å². The molecule has 1 heterocycles. The van der Waals surface area contributed by atoms with E-state index in [1.807, 2.05) is 18.2 Å². The molecule has 0 aliphatic rings. The monoisotopic (exact) mass is 347 g/mol. The highest BCUT2D eigenvalue weighted by Crippen LogP contribution is 2.15. The zero-order valence-electron chi connectivity index (χ0n) is 11.2. The predicted octanol–water partition coefficient (Wildman–Crippen LogP) is 2.49. The van der Waals surface area contributed by atoms with Crippen molar-refractivity contribution in [2.24, 2.45) is 0 Å². The first-order valence-electron chi connectivity index (χ1n) is 6.35.